The van der Waals surface area contributed by atoms with Crippen molar-refractivity contribution in [2.45, 2.75) is 32.4 Å². The average Bonchev–Trinajstić information content (AvgIpc) is 3.10. The van der Waals surface area contributed by atoms with Gasteiger partial charge in [-0.25, -0.2) is 0 Å². The summed E-state index contributed by atoms with van der Waals surface area (Å²) in [5.41, 5.74) is 1.26. The second-order valence-electron chi connectivity index (χ2n) is 7.08. The van der Waals surface area contributed by atoms with Gasteiger partial charge in [0.2, 0.25) is 0 Å². The van der Waals surface area contributed by atoms with E-state index in [1.165, 1.54) is 15.9 Å². The topological polar surface area (TPSA) is 9.23 Å². The van der Waals surface area contributed by atoms with Crippen LogP contribution in [0.25, 0.3) is 0 Å². The third kappa shape index (κ3) is 3.25. The van der Waals surface area contributed by atoms with Crippen molar-refractivity contribution in [3.8, 4) is 0 Å². The molecule has 0 amide bonds. The van der Waals surface area contributed by atoms with Crippen molar-refractivity contribution < 1.29 is 4.43 Å². The predicted molar refractivity (Wildman–Crippen MR) is 107 cm³/mol. The van der Waals surface area contributed by atoms with Gasteiger partial charge in [-0.15, -0.1) is 0 Å². The lowest BCUT2D eigenvalue weighted by Gasteiger charge is -2.43. The zero-order chi connectivity index (χ0) is 17.0. The monoisotopic (exact) mass is 352 g/mol. The summed E-state index contributed by atoms with van der Waals surface area (Å²) in [4.78, 5) is 0. The lowest BCUT2D eigenvalue weighted by molar-refractivity contribution is 0.286. The molecule has 124 valence electrons. The first-order chi connectivity index (χ1) is 11.5. The maximum absolute atomic E-state index is 6.86. The van der Waals surface area contributed by atoms with E-state index in [1.807, 2.05) is 0 Å². The maximum atomic E-state index is 6.86. The third-order valence-electron chi connectivity index (χ3n) is 4.45. The molecule has 0 spiro atoms. The van der Waals surface area contributed by atoms with Gasteiger partial charge < -0.3 is 4.43 Å². The Morgan fingerprint density at radius 2 is 1.38 bits per heavy atom. The molecule has 24 heavy (non-hydrogen) atoms. The van der Waals surface area contributed by atoms with Gasteiger partial charge in [0.25, 0.3) is 8.32 Å². The molecular formula is C21H24OSSi. The summed E-state index contributed by atoms with van der Waals surface area (Å²) in [6.07, 6.45) is 0. The van der Waals surface area contributed by atoms with Crippen LogP contribution < -0.4 is 10.4 Å². The van der Waals surface area contributed by atoms with E-state index in [9.17, 15) is 0 Å². The van der Waals surface area contributed by atoms with Gasteiger partial charge in [0.1, 0.15) is 0 Å². The largest absolute Gasteiger partial charge is 0.403 e. The van der Waals surface area contributed by atoms with Crippen LogP contribution in [0.1, 0.15) is 26.3 Å². The van der Waals surface area contributed by atoms with Crippen molar-refractivity contribution in [2.24, 2.45) is 0 Å². The van der Waals surface area contributed by atoms with Crippen LogP contribution in [-0.4, -0.2) is 8.32 Å². The van der Waals surface area contributed by atoms with Crippen LogP contribution in [0.15, 0.2) is 77.5 Å². The summed E-state index contributed by atoms with van der Waals surface area (Å²) in [5, 5.41) is 6.99. The van der Waals surface area contributed by atoms with Gasteiger partial charge in [0.05, 0.1) is 6.61 Å². The van der Waals surface area contributed by atoms with E-state index >= 15 is 0 Å². The number of rotatable bonds is 5. The third-order valence-corrected chi connectivity index (χ3v) is 10.2. The molecule has 0 unspecified atom stereocenters. The summed E-state index contributed by atoms with van der Waals surface area (Å²) in [7, 11) is -2.40. The van der Waals surface area contributed by atoms with Crippen LogP contribution in [0.3, 0.4) is 0 Å². The first kappa shape index (κ1) is 17.2. The Morgan fingerprint density at radius 1 is 0.833 bits per heavy atom. The average molecular weight is 353 g/mol. The van der Waals surface area contributed by atoms with Gasteiger partial charge in [-0.3, -0.25) is 0 Å². The van der Waals surface area contributed by atoms with Crippen LogP contribution in [0.2, 0.25) is 5.04 Å². The minimum absolute atomic E-state index is 0.0335. The lowest BCUT2D eigenvalue weighted by atomic mass is 10.2. The molecule has 3 aromatic rings. The Bertz CT molecular complexity index is 706. The number of hydrogen-bond donors (Lipinski definition) is 0. The van der Waals surface area contributed by atoms with Crippen LogP contribution in [0.4, 0.5) is 0 Å². The second-order valence-corrected chi connectivity index (χ2v) is 12.2. The lowest BCUT2D eigenvalue weighted by Crippen LogP contribution is -2.66. The Morgan fingerprint density at radius 3 is 1.79 bits per heavy atom. The van der Waals surface area contributed by atoms with Crippen LogP contribution in [-0.2, 0) is 11.0 Å². The van der Waals surface area contributed by atoms with Crippen LogP contribution >= 0.6 is 11.3 Å². The van der Waals surface area contributed by atoms with Gasteiger partial charge in [-0.05, 0) is 37.8 Å². The summed E-state index contributed by atoms with van der Waals surface area (Å²) < 4.78 is 6.86. The Balaban J connectivity index is 2.13. The highest BCUT2D eigenvalue weighted by Gasteiger charge is 2.50. The molecular weight excluding hydrogens is 328 g/mol. The highest BCUT2D eigenvalue weighted by Crippen LogP contribution is 2.37. The molecule has 1 heterocycles. The van der Waals surface area contributed by atoms with Gasteiger partial charge >= 0.3 is 0 Å². The second kappa shape index (κ2) is 7.05. The molecule has 0 aliphatic carbocycles. The van der Waals surface area contributed by atoms with Gasteiger partial charge in [-0.2, -0.15) is 11.3 Å². The molecule has 0 fully saturated rings. The SMILES string of the molecule is CC(C)(C)[Si](OCc1ccsc1)(c1ccccc1)c1ccccc1. The Labute approximate surface area is 150 Å². The van der Waals surface area contributed by atoms with Crippen molar-refractivity contribution in [2.75, 3.05) is 0 Å². The molecule has 1 nitrogen and oxygen atoms in total. The molecule has 0 aliphatic rings. The van der Waals surface area contributed by atoms with E-state index in [-0.39, 0.29) is 5.04 Å². The molecule has 0 atom stereocenters. The molecule has 0 N–H and O–H groups in total. The van der Waals surface area contributed by atoms with Crippen LogP contribution in [0.5, 0.6) is 0 Å². The predicted octanol–water partition coefficient (Wildman–Crippen LogP) is 4.82. The van der Waals surface area contributed by atoms with Crippen molar-refractivity contribution in [3.63, 3.8) is 0 Å². The highest BCUT2D eigenvalue weighted by atomic mass is 32.1. The normalized spacial score (nSPS) is 12.3. The Kier molecular flexibility index (Phi) is 5.04. The fraction of sp³-hybridized carbons (Fsp3) is 0.238. The fourth-order valence-corrected chi connectivity index (χ4v) is 8.52. The van der Waals surface area contributed by atoms with Crippen LogP contribution in [0, 0.1) is 0 Å². The molecule has 0 saturated heterocycles. The maximum Gasteiger partial charge on any atom is 0.261 e. The van der Waals surface area contributed by atoms with E-state index < -0.39 is 8.32 Å². The molecule has 2 aromatic carbocycles. The standard InChI is InChI=1S/C21H24OSSi/c1-21(2,3)24(19-10-6-4-7-11-19,20-12-8-5-9-13-20)22-16-18-14-15-23-17-18/h4-15,17H,16H2,1-3H3. The zero-order valence-electron chi connectivity index (χ0n) is 14.5. The number of benzene rings is 2. The van der Waals surface area contributed by atoms with E-state index in [0.717, 1.165) is 0 Å². The smallest absolute Gasteiger partial charge is 0.261 e. The van der Waals surface area contributed by atoms with Crippen molar-refractivity contribution >= 4 is 30.0 Å². The Hall–Kier alpha value is -1.68. The minimum atomic E-state index is -2.40. The number of hydrogen-bond acceptors (Lipinski definition) is 2. The number of thiophene rings is 1. The summed E-state index contributed by atoms with van der Waals surface area (Å²) in [5.74, 6) is 0. The van der Waals surface area contributed by atoms with E-state index in [0.29, 0.717) is 6.61 Å². The molecule has 0 bridgehead atoms. The van der Waals surface area contributed by atoms with Gasteiger partial charge in [0, 0.05) is 0 Å². The van der Waals surface area contributed by atoms with E-state index in [1.54, 1.807) is 11.3 Å². The van der Waals surface area contributed by atoms with E-state index in [4.69, 9.17) is 4.43 Å². The van der Waals surface area contributed by atoms with Gasteiger partial charge in [0.15, 0.2) is 0 Å². The zero-order valence-corrected chi connectivity index (χ0v) is 16.3. The van der Waals surface area contributed by atoms with E-state index in [2.05, 4.69) is 98.3 Å². The first-order valence-corrected chi connectivity index (χ1v) is 11.2. The quantitative estimate of drug-likeness (QED) is 0.598. The first-order valence-electron chi connectivity index (χ1n) is 8.30. The molecule has 3 rings (SSSR count). The van der Waals surface area contributed by atoms with Crippen molar-refractivity contribution in [3.05, 3.63) is 83.1 Å². The minimum Gasteiger partial charge on any atom is -0.403 e. The molecule has 1 aromatic heterocycles. The summed E-state index contributed by atoms with van der Waals surface area (Å²) in [6, 6.07) is 23.7. The molecule has 0 saturated carbocycles. The fourth-order valence-electron chi connectivity index (χ4n) is 3.33. The molecule has 0 aliphatic heterocycles. The highest BCUT2D eigenvalue weighted by molar-refractivity contribution is 7.08. The van der Waals surface area contributed by atoms with Crippen molar-refractivity contribution in [1.29, 1.82) is 0 Å². The van der Waals surface area contributed by atoms with Crippen molar-refractivity contribution in [1.82, 2.24) is 0 Å². The van der Waals surface area contributed by atoms with Gasteiger partial charge in [-0.1, -0.05) is 81.4 Å². The summed E-state index contributed by atoms with van der Waals surface area (Å²) >= 11 is 1.72. The summed E-state index contributed by atoms with van der Waals surface area (Å²) in [6.45, 7) is 7.60. The molecule has 3 heteroatoms. The molecule has 0 radical (unpaired) electrons.